The third kappa shape index (κ3) is 5.56. The molecule has 0 aliphatic carbocycles. The molecule has 5 heteroatoms. The number of thiophene rings is 1. The zero-order chi connectivity index (χ0) is 37.0. The summed E-state index contributed by atoms with van der Waals surface area (Å²) >= 11 is 1.79. The lowest BCUT2D eigenvalue weighted by Crippen LogP contribution is -2.00. The Bertz CT molecular complexity index is 3230. The molecule has 262 valence electrons. The molecule has 0 atom stereocenters. The molecule has 0 unspecified atom stereocenters. The van der Waals surface area contributed by atoms with E-state index in [0.717, 1.165) is 60.9 Å². The topological polar surface area (TPSA) is 51.8 Å². The molecule has 0 fully saturated rings. The molecule has 4 nitrogen and oxygen atoms in total. The molecule has 11 aromatic rings. The molecule has 3 aromatic heterocycles. The van der Waals surface area contributed by atoms with Crippen molar-refractivity contribution in [2.24, 2.45) is 0 Å². The third-order valence-electron chi connectivity index (χ3n) is 10.5. The van der Waals surface area contributed by atoms with Crippen LogP contribution in [0.3, 0.4) is 0 Å². The minimum atomic E-state index is 0.641. The number of para-hydroxylation sites is 1. The number of benzene rings is 8. The molecule has 0 aliphatic heterocycles. The van der Waals surface area contributed by atoms with Crippen LogP contribution in [0.25, 0.3) is 110 Å². The predicted octanol–water partition coefficient (Wildman–Crippen LogP) is 14.1. The summed E-state index contributed by atoms with van der Waals surface area (Å²) in [6.07, 6.45) is 0. The Labute approximate surface area is 327 Å². The number of aromatic nitrogens is 3. The average molecular weight is 734 g/mol. The second-order valence-electron chi connectivity index (χ2n) is 14.0. The van der Waals surface area contributed by atoms with Crippen LogP contribution in [0.1, 0.15) is 0 Å². The quantitative estimate of drug-likeness (QED) is 0.171. The number of furan rings is 1. The van der Waals surface area contributed by atoms with Crippen molar-refractivity contribution < 1.29 is 4.42 Å². The first-order valence-electron chi connectivity index (χ1n) is 18.7. The first kappa shape index (κ1) is 32.2. The second-order valence-corrected chi connectivity index (χ2v) is 15.1. The number of fused-ring (bicyclic) bond motifs is 6. The number of nitrogens with zero attached hydrogens (tertiary/aromatic N) is 3. The van der Waals surface area contributed by atoms with Gasteiger partial charge in [-0.2, -0.15) is 0 Å². The van der Waals surface area contributed by atoms with E-state index in [1.807, 2.05) is 48.5 Å². The van der Waals surface area contributed by atoms with Crippen LogP contribution in [0.5, 0.6) is 0 Å². The summed E-state index contributed by atoms with van der Waals surface area (Å²) in [5.74, 6) is 1.93. The summed E-state index contributed by atoms with van der Waals surface area (Å²) in [5, 5.41) is 4.69. The Balaban J connectivity index is 1.05. The number of rotatable bonds is 6. The predicted molar refractivity (Wildman–Crippen MR) is 233 cm³/mol. The fourth-order valence-corrected chi connectivity index (χ4v) is 9.02. The lowest BCUT2D eigenvalue weighted by molar-refractivity contribution is 0.669. The highest BCUT2D eigenvalue weighted by molar-refractivity contribution is 7.26. The van der Waals surface area contributed by atoms with Crippen molar-refractivity contribution in [3.05, 3.63) is 188 Å². The van der Waals surface area contributed by atoms with E-state index in [9.17, 15) is 0 Å². The van der Waals surface area contributed by atoms with E-state index in [1.165, 1.54) is 31.3 Å². The van der Waals surface area contributed by atoms with Gasteiger partial charge < -0.3 is 4.42 Å². The molecule has 3 heterocycles. The SMILES string of the molecule is c1ccc(-c2ccc(-c3nc(-c4ccccc4)nc(-c4ccc5c(c4)sc4cccc(-c6cc(-c7ccccc7)c7c(c6)oc6ccccc67)c45)n3)cc2)cc1. The fraction of sp³-hybridized carbons (Fsp3) is 0. The molecule has 56 heavy (non-hydrogen) atoms. The van der Waals surface area contributed by atoms with Gasteiger partial charge in [-0.25, -0.2) is 15.0 Å². The van der Waals surface area contributed by atoms with Crippen LogP contribution in [-0.2, 0) is 0 Å². The molecule has 11 rings (SSSR count). The van der Waals surface area contributed by atoms with E-state index in [1.54, 1.807) is 11.3 Å². The van der Waals surface area contributed by atoms with Crippen molar-refractivity contribution >= 4 is 53.4 Å². The molecule has 8 aromatic carbocycles. The highest BCUT2D eigenvalue weighted by atomic mass is 32.1. The highest BCUT2D eigenvalue weighted by Gasteiger charge is 2.19. The zero-order valence-electron chi connectivity index (χ0n) is 30.1. The monoisotopic (exact) mass is 733 g/mol. The Morgan fingerprint density at radius 1 is 0.321 bits per heavy atom. The van der Waals surface area contributed by atoms with Gasteiger partial charge in [0.15, 0.2) is 17.5 Å². The Morgan fingerprint density at radius 3 is 1.62 bits per heavy atom. The maximum atomic E-state index is 6.52. The molecule has 0 radical (unpaired) electrons. The minimum Gasteiger partial charge on any atom is -0.456 e. The van der Waals surface area contributed by atoms with Gasteiger partial charge in [0.05, 0.1) is 0 Å². The minimum absolute atomic E-state index is 0.641. The molecule has 0 bridgehead atoms. The summed E-state index contributed by atoms with van der Waals surface area (Å²) in [4.78, 5) is 15.1. The van der Waals surface area contributed by atoms with Crippen LogP contribution in [-0.4, -0.2) is 15.0 Å². The number of hydrogen-bond acceptors (Lipinski definition) is 5. The molecule has 0 saturated heterocycles. The molecule has 0 amide bonds. The molecule has 0 N–H and O–H groups in total. The molecule has 0 spiro atoms. The molecule has 0 saturated carbocycles. The first-order valence-corrected chi connectivity index (χ1v) is 19.5. The van der Waals surface area contributed by atoms with Crippen molar-refractivity contribution in [2.45, 2.75) is 0 Å². The van der Waals surface area contributed by atoms with Crippen LogP contribution in [0.2, 0.25) is 0 Å². The summed E-state index contributed by atoms with van der Waals surface area (Å²) < 4.78 is 8.91. The zero-order valence-corrected chi connectivity index (χ0v) is 30.9. The van der Waals surface area contributed by atoms with Gasteiger partial charge in [0, 0.05) is 47.6 Å². The first-order chi connectivity index (χ1) is 27.7. The average Bonchev–Trinajstić information content (AvgIpc) is 3.85. The van der Waals surface area contributed by atoms with Gasteiger partial charge in [-0.05, 0) is 63.7 Å². The summed E-state index contributed by atoms with van der Waals surface area (Å²) in [6, 6.07) is 65.7. The van der Waals surface area contributed by atoms with Crippen LogP contribution >= 0.6 is 11.3 Å². The third-order valence-corrected chi connectivity index (χ3v) is 11.7. The normalized spacial score (nSPS) is 11.6. The summed E-state index contributed by atoms with van der Waals surface area (Å²) in [6.45, 7) is 0. The van der Waals surface area contributed by atoms with Crippen LogP contribution in [0.15, 0.2) is 192 Å². The highest BCUT2D eigenvalue weighted by Crippen LogP contribution is 2.45. The van der Waals surface area contributed by atoms with Gasteiger partial charge in [-0.15, -0.1) is 11.3 Å². The van der Waals surface area contributed by atoms with Gasteiger partial charge in [0.2, 0.25) is 0 Å². The lowest BCUT2D eigenvalue weighted by Gasteiger charge is -2.10. The van der Waals surface area contributed by atoms with Crippen molar-refractivity contribution in [1.82, 2.24) is 15.0 Å². The standard InChI is InChI=1S/C51H31N3OS/c1-4-13-32(14-5-1)33-23-25-36(26-24-33)50-52-49(35-17-8-3-9-18-35)53-51(54-50)37-27-28-41-46(31-37)56-45-22-12-20-39(48(41)45)38-29-42(34-15-6-2-7-16-34)47-40-19-10-11-21-43(40)55-44(47)30-38/h1-31H. The molecular weight excluding hydrogens is 703 g/mol. The second kappa shape index (κ2) is 13.3. The van der Waals surface area contributed by atoms with Gasteiger partial charge in [0.1, 0.15) is 11.2 Å². The maximum absolute atomic E-state index is 6.52. The van der Waals surface area contributed by atoms with Crippen molar-refractivity contribution in [2.75, 3.05) is 0 Å². The van der Waals surface area contributed by atoms with Crippen LogP contribution in [0, 0.1) is 0 Å². The van der Waals surface area contributed by atoms with Crippen LogP contribution in [0.4, 0.5) is 0 Å². The van der Waals surface area contributed by atoms with Crippen molar-refractivity contribution in [3.63, 3.8) is 0 Å². The van der Waals surface area contributed by atoms with E-state index in [0.29, 0.717) is 17.5 Å². The van der Waals surface area contributed by atoms with Gasteiger partial charge in [0.25, 0.3) is 0 Å². The van der Waals surface area contributed by atoms with Crippen LogP contribution < -0.4 is 0 Å². The number of hydrogen-bond donors (Lipinski definition) is 0. The smallest absolute Gasteiger partial charge is 0.164 e. The van der Waals surface area contributed by atoms with E-state index in [-0.39, 0.29) is 0 Å². The maximum Gasteiger partial charge on any atom is 0.164 e. The van der Waals surface area contributed by atoms with Crippen molar-refractivity contribution in [1.29, 1.82) is 0 Å². The molecule has 0 aliphatic rings. The van der Waals surface area contributed by atoms with Gasteiger partial charge in [-0.3, -0.25) is 0 Å². The van der Waals surface area contributed by atoms with E-state index >= 15 is 0 Å². The Morgan fingerprint density at radius 2 is 0.893 bits per heavy atom. The van der Waals surface area contributed by atoms with E-state index in [4.69, 9.17) is 19.4 Å². The van der Waals surface area contributed by atoms with E-state index < -0.39 is 0 Å². The largest absolute Gasteiger partial charge is 0.456 e. The summed E-state index contributed by atoms with van der Waals surface area (Å²) in [7, 11) is 0. The summed E-state index contributed by atoms with van der Waals surface area (Å²) in [5.41, 5.74) is 11.6. The van der Waals surface area contributed by atoms with Gasteiger partial charge in [-0.1, -0.05) is 158 Å². The Kier molecular flexibility index (Phi) is 7.64. The van der Waals surface area contributed by atoms with Crippen molar-refractivity contribution in [3.8, 4) is 67.5 Å². The lowest BCUT2D eigenvalue weighted by atomic mass is 9.92. The van der Waals surface area contributed by atoms with E-state index in [2.05, 4.69) is 140 Å². The Hall–Kier alpha value is -7.21. The fourth-order valence-electron chi connectivity index (χ4n) is 7.85. The molecular formula is C51H31N3OS. The van der Waals surface area contributed by atoms with Gasteiger partial charge >= 0.3 is 0 Å².